The summed E-state index contributed by atoms with van der Waals surface area (Å²) in [5.74, 6) is -1.37. The lowest BCUT2D eigenvalue weighted by atomic mass is 10.1. The van der Waals surface area contributed by atoms with Gasteiger partial charge >= 0.3 is 11.9 Å². The van der Waals surface area contributed by atoms with Gasteiger partial charge in [0.1, 0.15) is 0 Å². The standard InChI is InChI=1S/C13H20O4/c1-5-6-7-17-13(16)11(4)9(2)8-10(3)12(14)15/h8H,5-7H2,1-4H3,(H,14,15). The minimum absolute atomic E-state index is 0.197. The van der Waals surface area contributed by atoms with Gasteiger partial charge in [0.05, 0.1) is 6.61 Å². The minimum atomic E-state index is -0.989. The van der Waals surface area contributed by atoms with Crippen LogP contribution in [0.25, 0.3) is 0 Å². The molecule has 0 aliphatic heterocycles. The highest BCUT2D eigenvalue weighted by molar-refractivity contribution is 5.91. The number of carboxylic acid groups (broad SMARTS) is 1. The molecule has 96 valence electrons. The van der Waals surface area contributed by atoms with E-state index in [0.717, 1.165) is 12.8 Å². The van der Waals surface area contributed by atoms with Gasteiger partial charge in [0, 0.05) is 11.1 Å². The van der Waals surface area contributed by atoms with E-state index < -0.39 is 5.97 Å². The number of rotatable bonds is 6. The van der Waals surface area contributed by atoms with Crippen LogP contribution in [0.5, 0.6) is 0 Å². The molecule has 17 heavy (non-hydrogen) atoms. The van der Waals surface area contributed by atoms with E-state index in [-0.39, 0.29) is 11.5 Å². The van der Waals surface area contributed by atoms with Crippen molar-refractivity contribution >= 4 is 11.9 Å². The molecule has 0 aliphatic rings. The van der Waals surface area contributed by atoms with E-state index >= 15 is 0 Å². The first-order valence-corrected chi connectivity index (χ1v) is 5.66. The third kappa shape index (κ3) is 5.90. The third-order valence-electron chi connectivity index (χ3n) is 2.40. The topological polar surface area (TPSA) is 63.6 Å². The summed E-state index contributed by atoms with van der Waals surface area (Å²) in [5.41, 5.74) is 1.26. The molecular formula is C13H20O4. The van der Waals surface area contributed by atoms with Crippen molar-refractivity contribution in [3.05, 3.63) is 22.8 Å². The lowest BCUT2D eigenvalue weighted by Gasteiger charge is -2.06. The number of esters is 1. The summed E-state index contributed by atoms with van der Waals surface area (Å²) >= 11 is 0. The number of hydrogen-bond donors (Lipinski definition) is 1. The van der Waals surface area contributed by atoms with Gasteiger partial charge in [0.2, 0.25) is 0 Å². The molecule has 0 aromatic heterocycles. The lowest BCUT2D eigenvalue weighted by molar-refractivity contribution is -0.139. The van der Waals surface area contributed by atoms with Gasteiger partial charge in [-0.05, 0) is 38.8 Å². The largest absolute Gasteiger partial charge is 0.478 e. The fourth-order valence-electron chi connectivity index (χ4n) is 1.07. The van der Waals surface area contributed by atoms with Crippen LogP contribution in [-0.2, 0) is 14.3 Å². The van der Waals surface area contributed by atoms with Crippen molar-refractivity contribution in [2.45, 2.75) is 40.5 Å². The number of aliphatic carboxylic acids is 1. The second-order valence-corrected chi connectivity index (χ2v) is 3.93. The van der Waals surface area contributed by atoms with Crippen molar-refractivity contribution < 1.29 is 19.4 Å². The predicted molar refractivity (Wildman–Crippen MR) is 65.6 cm³/mol. The normalized spacial score (nSPS) is 13.1. The Hall–Kier alpha value is -1.58. The van der Waals surface area contributed by atoms with E-state index in [2.05, 4.69) is 0 Å². The molecule has 0 atom stereocenters. The van der Waals surface area contributed by atoms with Crippen molar-refractivity contribution in [2.24, 2.45) is 0 Å². The van der Waals surface area contributed by atoms with Gasteiger partial charge in [-0.2, -0.15) is 0 Å². The average Bonchev–Trinajstić information content (AvgIpc) is 2.27. The molecule has 0 bridgehead atoms. The Balaban J connectivity index is 4.63. The zero-order valence-corrected chi connectivity index (χ0v) is 10.9. The maximum atomic E-state index is 11.6. The van der Waals surface area contributed by atoms with Crippen LogP contribution in [0.15, 0.2) is 22.8 Å². The lowest BCUT2D eigenvalue weighted by Crippen LogP contribution is -2.08. The van der Waals surface area contributed by atoms with E-state index in [1.54, 1.807) is 13.8 Å². The maximum Gasteiger partial charge on any atom is 0.333 e. The summed E-state index contributed by atoms with van der Waals surface area (Å²) < 4.78 is 5.03. The van der Waals surface area contributed by atoms with E-state index in [0.29, 0.717) is 17.8 Å². The van der Waals surface area contributed by atoms with E-state index in [4.69, 9.17) is 9.84 Å². The number of unbranched alkanes of at least 4 members (excludes halogenated alkanes) is 1. The van der Waals surface area contributed by atoms with Crippen LogP contribution in [0.4, 0.5) is 0 Å². The molecule has 0 saturated heterocycles. The fraction of sp³-hybridized carbons (Fsp3) is 0.538. The summed E-state index contributed by atoms with van der Waals surface area (Å²) in [5, 5.41) is 8.72. The predicted octanol–water partition coefficient (Wildman–Crippen LogP) is 2.70. The molecule has 0 fully saturated rings. The number of allylic oxidation sites excluding steroid dienone is 2. The minimum Gasteiger partial charge on any atom is -0.478 e. The number of hydrogen-bond acceptors (Lipinski definition) is 3. The number of ether oxygens (including phenoxy) is 1. The molecule has 4 heteroatoms. The van der Waals surface area contributed by atoms with Crippen LogP contribution in [0, 0.1) is 0 Å². The summed E-state index contributed by atoms with van der Waals surface area (Å²) in [6.45, 7) is 7.24. The van der Waals surface area contributed by atoms with E-state index in [1.807, 2.05) is 6.92 Å². The van der Waals surface area contributed by atoms with Crippen molar-refractivity contribution in [1.29, 1.82) is 0 Å². The van der Waals surface area contributed by atoms with E-state index in [9.17, 15) is 9.59 Å². The second-order valence-electron chi connectivity index (χ2n) is 3.93. The highest BCUT2D eigenvalue weighted by atomic mass is 16.5. The molecule has 0 aliphatic carbocycles. The van der Waals surface area contributed by atoms with E-state index in [1.165, 1.54) is 13.0 Å². The summed E-state index contributed by atoms with van der Waals surface area (Å²) in [6, 6.07) is 0. The first kappa shape index (κ1) is 15.4. The van der Waals surface area contributed by atoms with Crippen molar-refractivity contribution in [3.8, 4) is 0 Å². The van der Waals surface area contributed by atoms with Gasteiger partial charge < -0.3 is 9.84 Å². The molecule has 0 aromatic rings. The van der Waals surface area contributed by atoms with Crippen molar-refractivity contribution in [2.75, 3.05) is 6.61 Å². The van der Waals surface area contributed by atoms with Gasteiger partial charge in [-0.1, -0.05) is 13.3 Å². The van der Waals surface area contributed by atoms with Gasteiger partial charge in [0.25, 0.3) is 0 Å². The van der Waals surface area contributed by atoms with Crippen molar-refractivity contribution in [1.82, 2.24) is 0 Å². The fourth-order valence-corrected chi connectivity index (χ4v) is 1.07. The summed E-state index contributed by atoms with van der Waals surface area (Å²) in [4.78, 5) is 22.2. The zero-order valence-electron chi connectivity index (χ0n) is 10.9. The molecule has 0 amide bonds. The molecule has 0 saturated carbocycles. The first-order valence-electron chi connectivity index (χ1n) is 5.66. The molecule has 0 radical (unpaired) electrons. The second kappa shape index (κ2) is 7.65. The van der Waals surface area contributed by atoms with Gasteiger partial charge in [-0.3, -0.25) is 0 Å². The quantitative estimate of drug-likeness (QED) is 0.335. The van der Waals surface area contributed by atoms with Gasteiger partial charge in [0.15, 0.2) is 0 Å². The number of carbonyl (C=O) groups excluding carboxylic acids is 1. The zero-order chi connectivity index (χ0) is 13.4. The highest BCUT2D eigenvalue weighted by Gasteiger charge is 2.09. The van der Waals surface area contributed by atoms with Crippen LogP contribution >= 0.6 is 0 Å². The van der Waals surface area contributed by atoms with Gasteiger partial charge in [-0.25, -0.2) is 9.59 Å². The molecule has 4 nitrogen and oxygen atoms in total. The Morgan fingerprint density at radius 2 is 1.82 bits per heavy atom. The molecule has 0 rings (SSSR count). The third-order valence-corrected chi connectivity index (χ3v) is 2.40. The van der Waals surface area contributed by atoms with Gasteiger partial charge in [-0.15, -0.1) is 0 Å². The van der Waals surface area contributed by atoms with Crippen LogP contribution in [0.2, 0.25) is 0 Å². The van der Waals surface area contributed by atoms with Crippen LogP contribution in [-0.4, -0.2) is 23.7 Å². The molecule has 0 heterocycles. The molecular weight excluding hydrogens is 220 g/mol. The Kier molecular flexibility index (Phi) is 6.94. The Morgan fingerprint density at radius 3 is 2.29 bits per heavy atom. The first-order chi connectivity index (χ1) is 7.90. The Labute approximate surface area is 102 Å². The number of carboxylic acids is 1. The SMILES string of the molecule is CCCCOC(=O)C(C)=C(C)C=C(C)C(=O)O. The molecule has 0 spiro atoms. The molecule has 1 N–H and O–H groups in total. The summed E-state index contributed by atoms with van der Waals surface area (Å²) in [6.07, 6.45) is 3.27. The monoisotopic (exact) mass is 240 g/mol. The van der Waals surface area contributed by atoms with Crippen LogP contribution in [0.1, 0.15) is 40.5 Å². The molecule has 0 aromatic carbocycles. The highest BCUT2D eigenvalue weighted by Crippen LogP contribution is 2.10. The Morgan fingerprint density at radius 1 is 1.24 bits per heavy atom. The maximum absolute atomic E-state index is 11.6. The molecule has 0 unspecified atom stereocenters. The van der Waals surface area contributed by atoms with Crippen LogP contribution in [0.3, 0.4) is 0 Å². The summed E-state index contributed by atoms with van der Waals surface area (Å²) in [7, 11) is 0. The Bertz CT molecular complexity index is 350. The van der Waals surface area contributed by atoms with Crippen molar-refractivity contribution in [3.63, 3.8) is 0 Å². The van der Waals surface area contributed by atoms with Crippen LogP contribution < -0.4 is 0 Å². The number of carbonyl (C=O) groups is 2. The average molecular weight is 240 g/mol. The smallest absolute Gasteiger partial charge is 0.333 e.